The maximum absolute atomic E-state index is 13.7. The van der Waals surface area contributed by atoms with Gasteiger partial charge in [0.2, 0.25) is 5.82 Å². The zero-order chi connectivity index (χ0) is 20.4. The first kappa shape index (κ1) is 18.8. The van der Waals surface area contributed by atoms with Crippen molar-refractivity contribution < 1.29 is 18.4 Å². The minimum Gasteiger partial charge on any atom is -0.496 e. The molecule has 1 heterocycles. The number of allylic oxidation sites excluding steroid dienone is 4. The maximum atomic E-state index is 13.7. The summed E-state index contributed by atoms with van der Waals surface area (Å²) in [6, 6.07) is 13.9. The Kier molecular flexibility index (Phi) is 4.84. The number of aldehydes is 1. The summed E-state index contributed by atoms with van der Waals surface area (Å²) in [7, 11) is 1.49. The van der Waals surface area contributed by atoms with Crippen molar-refractivity contribution in [3.8, 4) is 17.1 Å². The second-order valence-corrected chi connectivity index (χ2v) is 7.10. The average molecular weight is 390 g/mol. The zero-order valence-corrected chi connectivity index (χ0v) is 16.0. The van der Waals surface area contributed by atoms with Crippen molar-refractivity contribution in [1.29, 1.82) is 0 Å². The monoisotopic (exact) mass is 390 g/mol. The van der Waals surface area contributed by atoms with Crippen molar-refractivity contribution in [3.63, 3.8) is 0 Å². The van der Waals surface area contributed by atoms with E-state index in [9.17, 15) is 9.18 Å². The minimum atomic E-state index is -0.767. The SMILES string of the molecule is COc1ccc(F)cc1-c1noc(C2=CC(C)(C=O)C(c3ccccc3)C=C2)n1. The number of halogens is 1. The predicted octanol–water partition coefficient (Wildman–Crippen LogP) is 4.83. The lowest BCUT2D eigenvalue weighted by atomic mass is 9.70. The van der Waals surface area contributed by atoms with E-state index in [0.717, 1.165) is 11.8 Å². The van der Waals surface area contributed by atoms with Gasteiger partial charge in [-0.1, -0.05) is 53.7 Å². The van der Waals surface area contributed by atoms with Crippen LogP contribution in [0.2, 0.25) is 0 Å². The standard InChI is InChI=1S/C23H19FN2O3/c1-23(14-27)13-16(8-10-19(23)15-6-4-3-5-7-15)22-25-21(26-29-22)18-12-17(24)9-11-20(18)28-2/h3-14,19H,1-2H3. The van der Waals surface area contributed by atoms with Gasteiger partial charge in [0.15, 0.2) is 0 Å². The number of ether oxygens (including phenoxy) is 1. The van der Waals surface area contributed by atoms with Crippen LogP contribution in [0, 0.1) is 11.2 Å². The Morgan fingerprint density at radius 3 is 2.72 bits per heavy atom. The number of carbonyl (C=O) groups excluding carboxylic acids is 1. The topological polar surface area (TPSA) is 65.2 Å². The van der Waals surface area contributed by atoms with Crippen molar-refractivity contribution in [2.45, 2.75) is 12.8 Å². The Bertz CT molecular complexity index is 1100. The fourth-order valence-corrected chi connectivity index (χ4v) is 3.56. The zero-order valence-electron chi connectivity index (χ0n) is 16.0. The van der Waals surface area contributed by atoms with Gasteiger partial charge in [-0.2, -0.15) is 4.98 Å². The van der Waals surface area contributed by atoms with Crippen LogP contribution in [0.4, 0.5) is 4.39 Å². The van der Waals surface area contributed by atoms with Gasteiger partial charge >= 0.3 is 0 Å². The van der Waals surface area contributed by atoms with Crippen LogP contribution in [-0.4, -0.2) is 23.5 Å². The summed E-state index contributed by atoms with van der Waals surface area (Å²) >= 11 is 0. The molecule has 2 atom stereocenters. The van der Waals surface area contributed by atoms with Gasteiger partial charge in [0.1, 0.15) is 17.9 Å². The molecule has 1 aromatic heterocycles. The van der Waals surface area contributed by atoms with E-state index in [2.05, 4.69) is 10.1 Å². The highest BCUT2D eigenvalue weighted by Crippen LogP contribution is 2.42. The summed E-state index contributed by atoms with van der Waals surface area (Å²) in [5.74, 6) is 0.374. The summed E-state index contributed by atoms with van der Waals surface area (Å²) in [4.78, 5) is 16.4. The average Bonchev–Trinajstić information content (AvgIpc) is 3.24. The molecule has 0 saturated carbocycles. The number of hydrogen-bond donors (Lipinski definition) is 0. The molecule has 0 spiro atoms. The van der Waals surface area contributed by atoms with E-state index in [0.29, 0.717) is 16.9 Å². The maximum Gasteiger partial charge on any atom is 0.257 e. The van der Waals surface area contributed by atoms with Crippen LogP contribution in [0.3, 0.4) is 0 Å². The first-order valence-electron chi connectivity index (χ1n) is 9.14. The first-order chi connectivity index (χ1) is 14.0. The summed E-state index contributed by atoms with van der Waals surface area (Å²) < 4.78 is 24.3. The number of methoxy groups -OCH3 is 1. The fourth-order valence-electron chi connectivity index (χ4n) is 3.56. The van der Waals surface area contributed by atoms with Gasteiger partial charge in [-0.15, -0.1) is 0 Å². The Morgan fingerprint density at radius 1 is 1.21 bits per heavy atom. The number of aromatic nitrogens is 2. The second-order valence-electron chi connectivity index (χ2n) is 7.10. The molecule has 0 radical (unpaired) electrons. The molecule has 0 bridgehead atoms. The Balaban J connectivity index is 1.70. The van der Waals surface area contributed by atoms with E-state index < -0.39 is 11.2 Å². The number of rotatable bonds is 5. The largest absolute Gasteiger partial charge is 0.496 e. The van der Waals surface area contributed by atoms with Gasteiger partial charge < -0.3 is 14.1 Å². The van der Waals surface area contributed by atoms with Crippen LogP contribution < -0.4 is 4.74 Å². The summed E-state index contributed by atoms with van der Waals surface area (Å²) in [6.07, 6.45) is 6.59. The summed E-state index contributed by atoms with van der Waals surface area (Å²) in [5, 5.41) is 3.97. The molecule has 0 amide bonds. The molecule has 2 aromatic carbocycles. The van der Waals surface area contributed by atoms with Gasteiger partial charge in [0.05, 0.1) is 18.1 Å². The molecule has 29 heavy (non-hydrogen) atoms. The van der Waals surface area contributed by atoms with Crippen molar-refractivity contribution in [3.05, 3.63) is 84.0 Å². The molecule has 0 aliphatic heterocycles. The Labute approximate surface area is 167 Å². The number of benzene rings is 2. The van der Waals surface area contributed by atoms with E-state index in [4.69, 9.17) is 9.26 Å². The third-order valence-corrected chi connectivity index (χ3v) is 5.09. The highest BCUT2D eigenvalue weighted by atomic mass is 19.1. The minimum absolute atomic E-state index is 0.101. The van der Waals surface area contributed by atoms with E-state index in [1.165, 1.54) is 25.3 Å². The van der Waals surface area contributed by atoms with Gasteiger partial charge in [-0.25, -0.2) is 4.39 Å². The number of hydrogen-bond acceptors (Lipinski definition) is 5. The molecular formula is C23H19FN2O3. The van der Waals surface area contributed by atoms with Crippen molar-refractivity contribution in [1.82, 2.24) is 10.1 Å². The van der Waals surface area contributed by atoms with Gasteiger partial charge in [0, 0.05) is 11.5 Å². The van der Waals surface area contributed by atoms with Crippen molar-refractivity contribution >= 4 is 11.9 Å². The highest BCUT2D eigenvalue weighted by Gasteiger charge is 2.35. The fraction of sp³-hybridized carbons (Fsp3) is 0.174. The van der Waals surface area contributed by atoms with Gasteiger partial charge in [-0.05, 0) is 30.7 Å². The van der Waals surface area contributed by atoms with E-state index >= 15 is 0 Å². The normalized spacial score (nSPS) is 20.9. The van der Waals surface area contributed by atoms with Gasteiger partial charge in [-0.3, -0.25) is 0 Å². The van der Waals surface area contributed by atoms with Crippen LogP contribution in [0.15, 0.2) is 71.3 Å². The quantitative estimate of drug-likeness (QED) is 0.584. The van der Waals surface area contributed by atoms with Crippen molar-refractivity contribution in [2.75, 3.05) is 7.11 Å². The molecule has 0 saturated heterocycles. The highest BCUT2D eigenvalue weighted by molar-refractivity contribution is 5.79. The lowest BCUT2D eigenvalue weighted by Gasteiger charge is -2.31. The van der Waals surface area contributed by atoms with Crippen LogP contribution >= 0.6 is 0 Å². The van der Waals surface area contributed by atoms with Crippen LogP contribution in [0.5, 0.6) is 5.75 Å². The molecule has 4 rings (SSSR count). The molecule has 3 aromatic rings. The predicted molar refractivity (Wildman–Crippen MR) is 107 cm³/mol. The summed E-state index contributed by atoms with van der Waals surface area (Å²) in [6.45, 7) is 1.87. The summed E-state index contributed by atoms with van der Waals surface area (Å²) in [5.41, 5.74) is 1.31. The lowest BCUT2D eigenvalue weighted by Crippen LogP contribution is -2.26. The molecule has 146 valence electrons. The molecule has 1 aliphatic carbocycles. The number of nitrogens with zero attached hydrogens (tertiary/aromatic N) is 2. The van der Waals surface area contributed by atoms with E-state index in [1.54, 1.807) is 0 Å². The van der Waals surface area contributed by atoms with Crippen LogP contribution in [0.25, 0.3) is 17.0 Å². The Morgan fingerprint density at radius 2 is 2.00 bits per heavy atom. The second kappa shape index (κ2) is 7.47. The molecule has 6 heteroatoms. The smallest absolute Gasteiger partial charge is 0.257 e. The molecule has 1 aliphatic rings. The van der Waals surface area contributed by atoms with E-state index in [1.807, 2.05) is 55.5 Å². The molecule has 0 N–H and O–H groups in total. The molecule has 5 nitrogen and oxygen atoms in total. The van der Waals surface area contributed by atoms with Gasteiger partial charge in [0.25, 0.3) is 5.89 Å². The molecule has 2 unspecified atom stereocenters. The molecular weight excluding hydrogens is 371 g/mol. The van der Waals surface area contributed by atoms with Crippen LogP contribution in [-0.2, 0) is 4.79 Å². The third kappa shape index (κ3) is 3.49. The molecule has 0 fully saturated rings. The van der Waals surface area contributed by atoms with Crippen LogP contribution in [0.1, 0.15) is 24.3 Å². The number of carbonyl (C=O) groups is 1. The third-order valence-electron chi connectivity index (χ3n) is 5.09. The van der Waals surface area contributed by atoms with Crippen molar-refractivity contribution in [2.24, 2.45) is 5.41 Å². The lowest BCUT2D eigenvalue weighted by molar-refractivity contribution is -0.113. The first-order valence-corrected chi connectivity index (χ1v) is 9.14. The Hall–Kier alpha value is -3.54. The van der Waals surface area contributed by atoms with E-state index in [-0.39, 0.29) is 17.6 Å².